The van der Waals surface area contributed by atoms with Crippen LogP contribution in [-0.2, 0) is 4.79 Å². The van der Waals surface area contributed by atoms with Crippen LogP contribution in [-0.4, -0.2) is 33.9 Å². The van der Waals surface area contributed by atoms with Crippen LogP contribution in [0.4, 0.5) is 5.95 Å². The van der Waals surface area contributed by atoms with Gasteiger partial charge in [0.15, 0.2) is 0 Å². The Morgan fingerprint density at radius 3 is 2.83 bits per heavy atom. The zero-order valence-electron chi connectivity index (χ0n) is 11.2. The second-order valence-corrected chi connectivity index (χ2v) is 5.83. The Kier molecular flexibility index (Phi) is 3.24. The summed E-state index contributed by atoms with van der Waals surface area (Å²) in [6.45, 7) is 7.37. The van der Waals surface area contributed by atoms with Gasteiger partial charge in [-0.1, -0.05) is 20.8 Å². The number of hydrogen-bond acceptors (Lipinski definition) is 4. The molecule has 1 aromatic heterocycles. The maximum absolute atomic E-state index is 12.2. The Bertz CT molecular complexity index is 453. The van der Waals surface area contributed by atoms with Crippen LogP contribution in [0, 0.1) is 5.41 Å². The van der Waals surface area contributed by atoms with Crippen molar-refractivity contribution in [3.63, 3.8) is 0 Å². The van der Waals surface area contributed by atoms with E-state index in [0.717, 1.165) is 25.2 Å². The molecule has 0 bridgehead atoms. The third-order valence-corrected chi connectivity index (χ3v) is 3.23. The number of nitrogens with zero attached hydrogens (tertiary/aromatic N) is 3. The van der Waals surface area contributed by atoms with Crippen LogP contribution in [0.25, 0.3) is 0 Å². The minimum Gasteiger partial charge on any atom is -0.368 e. The molecule has 1 unspecified atom stereocenters. The summed E-state index contributed by atoms with van der Waals surface area (Å²) in [5, 5.41) is 0. The van der Waals surface area contributed by atoms with Crippen molar-refractivity contribution >= 4 is 11.9 Å². The van der Waals surface area contributed by atoms with E-state index < -0.39 is 0 Å². The molecule has 98 valence electrons. The Morgan fingerprint density at radius 1 is 1.50 bits per heavy atom. The van der Waals surface area contributed by atoms with Gasteiger partial charge in [-0.2, -0.15) is 0 Å². The monoisotopic (exact) mass is 248 g/mol. The van der Waals surface area contributed by atoms with Crippen LogP contribution in [0.1, 0.15) is 38.8 Å². The van der Waals surface area contributed by atoms with Crippen LogP contribution in [0.3, 0.4) is 0 Å². The molecule has 5 nitrogen and oxygen atoms in total. The van der Waals surface area contributed by atoms with Crippen molar-refractivity contribution in [3.05, 3.63) is 18.0 Å². The van der Waals surface area contributed by atoms with Crippen LogP contribution >= 0.6 is 0 Å². The van der Waals surface area contributed by atoms with Crippen molar-refractivity contribution in [2.45, 2.75) is 33.1 Å². The lowest BCUT2D eigenvalue weighted by molar-refractivity contribution is -0.138. The number of carbonyl (C=O) groups is 1. The third-order valence-electron chi connectivity index (χ3n) is 3.23. The van der Waals surface area contributed by atoms with Crippen molar-refractivity contribution in [2.24, 2.45) is 5.41 Å². The number of carbonyl (C=O) groups excluding carboxylic acids is 1. The smallest absolute Gasteiger partial charge is 0.227 e. The summed E-state index contributed by atoms with van der Waals surface area (Å²) in [5.41, 5.74) is 6.20. The fourth-order valence-corrected chi connectivity index (χ4v) is 2.28. The number of anilines is 1. The normalized spacial score (nSPS) is 20.2. The molecule has 1 atom stereocenters. The number of likely N-dealkylation sites (tertiary alicyclic amines) is 1. The number of nitrogen functional groups attached to an aromatic ring is 1. The molecule has 0 radical (unpaired) electrons. The number of nitrogens with two attached hydrogens (primary N) is 1. The van der Waals surface area contributed by atoms with E-state index in [1.807, 2.05) is 31.7 Å². The molecule has 0 saturated carbocycles. The lowest BCUT2D eigenvalue weighted by Crippen LogP contribution is -2.37. The highest BCUT2D eigenvalue weighted by atomic mass is 16.2. The first-order valence-electron chi connectivity index (χ1n) is 6.26. The van der Waals surface area contributed by atoms with Crippen LogP contribution in [0.5, 0.6) is 0 Å². The van der Waals surface area contributed by atoms with E-state index in [4.69, 9.17) is 5.73 Å². The highest BCUT2D eigenvalue weighted by Crippen LogP contribution is 2.29. The molecule has 2 N–H and O–H groups in total. The van der Waals surface area contributed by atoms with E-state index in [9.17, 15) is 4.79 Å². The van der Waals surface area contributed by atoms with Crippen molar-refractivity contribution in [2.75, 3.05) is 18.8 Å². The van der Waals surface area contributed by atoms with E-state index in [0.29, 0.717) is 5.95 Å². The molecule has 1 saturated heterocycles. The SMILES string of the molecule is CC(C)(C)C(=O)N1CCC(c2ccnc(N)n2)C1. The summed E-state index contributed by atoms with van der Waals surface area (Å²) in [7, 11) is 0. The van der Waals surface area contributed by atoms with Gasteiger partial charge in [0.1, 0.15) is 0 Å². The topological polar surface area (TPSA) is 72.1 Å². The molecule has 0 spiro atoms. The molecular weight excluding hydrogens is 228 g/mol. The highest BCUT2D eigenvalue weighted by Gasteiger charge is 2.33. The first-order chi connectivity index (χ1) is 8.38. The highest BCUT2D eigenvalue weighted by molar-refractivity contribution is 5.81. The maximum atomic E-state index is 12.2. The van der Waals surface area contributed by atoms with E-state index in [1.54, 1.807) is 6.20 Å². The number of aromatic nitrogens is 2. The Morgan fingerprint density at radius 2 is 2.22 bits per heavy atom. The molecule has 5 heteroatoms. The van der Waals surface area contributed by atoms with E-state index in [-0.39, 0.29) is 17.2 Å². The van der Waals surface area contributed by atoms with E-state index in [1.165, 1.54) is 0 Å². The molecule has 1 amide bonds. The van der Waals surface area contributed by atoms with Crippen molar-refractivity contribution < 1.29 is 4.79 Å². The minimum atomic E-state index is -0.320. The van der Waals surface area contributed by atoms with Gasteiger partial charge in [-0.15, -0.1) is 0 Å². The van der Waals surface area contributed by atoms with Crippen molar-refractivity contribution in [3.8, 4) is 0 Å². The average molecular weight is 248 g/mol. The summed E-state index contributed by atoms with van der Waals surface area (Å²) >= 11 is 0. The fourth-order valence-electron chi connectivity index (χ4n) is 2.28. The Balaban J connectivity index is 2.07. The third kappa shape index (κ3) is 2.60. The largest absolute Gasteiger partial charge is 0.368 e. The molecule has 1 fully saturated rings. The Hall–Kier alpha value is -1.65. The molecule has 18 heavy (non-hydrogen) atoms. The molecule has 2 heterocycles. The van der Waals surface area contributed by atoms with Gasteiger partial charge < -0.3 is 10.6 Å². The molecule has 0 aromatic carbocycles. The maximum Gasteiger partial charge on any atom is 0.227 e. The predicted octanol–water partition coefficient (Wildman–Crippen LogP) is 1.42. The molecular formula is C13H20N4O. The van der Waals surface area contributed by atoms with Crippen LogP contribution < -0.4 is 5.73 Å². The predicted molar refractivity (Wildman–Crippen MR) is 69.8 cm³/mol. The van der Waals surface area contributed by atoms with Gasteiger partial charge in [0, 0.05) is 30.6 Å². The lowest BCUT2D eigenvalue weighted by atomic mass is 9.95. The van der Waals surface area contributed by atoms with Gasteiger partial charge in [0.05, 0.1) is 5.69 Å². The van der Waals surface area contributed by atoms with Gasteiger partial charge in [-0.3, -0.25) is 4.79 Å². The zero-order chi connectivity index (χ0) is 13.3. The van der Waals surface area contributed by atoms with Gasteiger partial charge in [-0.05, 0) is 12.5 Å². The van der Waals surface area contributed by atoms with E-state index >= 15 is 0 Å². The lowest BCUT2D eigenvalue weighted by Gasteiger charge is -2.25. The van der Waals surface area contributed by atoms with Gasteiger partial charge >= 0.3 is 0 Å². The van der Waals surface area contributed by atoms with Crippen molar-refractivity contribution in [1.82, 2.24) is 14.9 Å². The van der Waals surface area contributed by atoms with Gasteiger partial charge in [0.2, 0.25) is 11.9 Å². The molecule has 0 aliphatic carbocycles. The van der Waals surface area contributed by atoms with Crippen LogP contribution in [0.2, 0.25) is 0 Å². The Labute approximate surface area is 107 Å². The number of amides is 1. The minimum absolute atomic E-state index is 0.201. The second-order valence-electron chi connectivity index (χ2n) is 5.83. The summed E-state index contributed by atoms with van der Waals surface area (Å²) in [4.78, 5) is 22.2. The molecule has 1 aliphatic heterocycles. The van der Waals surface area contributed by atoms with Crippen LogP contribution in [0.15, 0.2) is 12.3 Å². The summed E-state index contributed by atoms with van der Waals surface area (Å²) < 4.78 is 0. The molecule has 1 aliphatic rings. The quantitative estimate of drug-likeness (QED) is 0.816. The first kappa shape index (κ1) is 12.8. The number of rotatable bonds is 1. The fraction of sp³-hybridized carbons (Fsp3) is 0.615. The standard InChI is InChI=1S/C13H20N4O/c1-13(2,3)11(18)17-7-5-9(8-17)10-4-6-15-12(14)16-10/h4,6,9H,5,7-8H2,1-3H3,(H2,14,15,16). The summed E-state index contributed by atoms with van der Waals surface area (Å²) in [6, 6.07) is 1.88. The zero-order valence-corrected chi connectivity index (χ0v) is 11.2. The van der Waals surface area contributed by atoms with Gasteiger partial charge in [-0.25, -0.2) is 9.97 Å². The number of hydrogen-bond donors (Lipinski definition) is 1. The molecule has 1 aromatic rings. The van der Waals surface area contributed by atoms with E-state index in [2.05, 4.69) is 9.97 Å². The summed E-state index contributed by atoms with van der Waals surface area (Å²) in [5.74, 6) is 0.779. The second kappa shape index (κ2) is 4.55. The van der Waals surface area contributed by atoms with Crippen molar-refractivity contribution in [1.29, 1.82) is 0 Å². The first-order valence-corrected chi connectivity index (χ1v) is 6.26. The molecule has 2 rings (SSSR count). The summed E-state index contributed by atoms with van der Waals surface area (Å²) in [6.07, 6.45) is 2.62. The average Bonchev–Trinajstić information content (AvgIpc) is 2.75. The van der Waals surface area contributed by atoms with Gasteiger partial charge in [0.25, 0.3) is 0 Å².